The Kier molecular flexibility index (Phi) is 7.77. The molecular formula is C5H14BrNO. The van der Waals surface area contributed by atoms with Crippen molar-refractivity contribution in [2.75, 3.05) is 20.6 Å². The Morgan fingerprint density at radius 2 is 1.88 bits per heavy atom. The average molecular weight is 184 g/mol. The predicted molar refractivity (Wildman–Crippen MR) is 29.4 cm³/mol. The number of halogens is 1. The van der Waals surface area contributed by atoms with E-state index < -0.39 is 0 Å². The number of hydrogen-bond donors (Lipinski definition) is 2. The minimum atomic E-state index is -0.162. The number of nitrogens with one attached hydrogen (secondary N) is 1. The van der Waals surface area contributed by atoms with Crippen molar-refractivity contribution in [3.63, 3.8) is 0 Å². The Labute approximate surface area is 61.3 Å². The van der Waals surface area contributed by atoms with E-state index in [1.807, 2.05) is 14.1 Å². The molecule has 0 saturated heterocycles. The van der Waals surface area contributed by atoms with Crippen LogP contribution < -0.4 is 21.9 Å². The van der Waals surface area contributed by atoms with Crippen molar-refractivity contribution in [3.05, 3.63) is 0 Å². The maximum absolute atomic E-state index is 8.70. The van der Waals surface area contributed by atoms with Crippen LogP contribution in [0.1, 0.15) is 6.92 Å². The Morgan fingerprint density at radius 1 is 1.50 bits per heavy atom. The molecule has 0 amide bonds. The van der Waals surface area contributed by atoms with Crippen molar-refractivity contribution >= 4 is 0 Å². The van der Waals surface area contributed by atoms with Crippen LogP contribution in [0.4, 0.5) is 0 Å². The standard InChI is InChI=1S/C5H13NO.BrH/c1-5(7)4-6(2)3;/h5,7H,4H2,1-3H3;1H. The van der Waals surface area contributed by atoms with Gasteiger partial charge in [0.1, 0.15) is 12.6 Å². The highest BCUT2D eigenvalue weighted by Crippen LogP contribution is 1.66. The highest BCUT2D eigenvalue weighted by atomic mass is 79.9. The number of aliphatic hydroxyl groups is 1. The van der Waals surface area contributed by atoms with Gasteiger partial charge in [-0.3, -0.25) is 0 Å². The van der Waals surface area contributed by atoms with Crippen LogP contribution in [-0.2, 0) is 0 Å². The van der Waals surface area contributed by atoms with Crippen molar-refractivity contribution in [3.8, 4) is 0 Å². The second kappa shape index (κ2) is 5.54. The maximum Gasteiger partial charge on any atom is 0.103 e. The minimum absolute atomic E-state index is 0. The molecule has 1 unspecified atom stereocenters. The first-order chi connectivity index (χ1) is 3.13. The maximum atomic E-state index is 8.70. The second-order valence-electron chi connectivity index (χ2n) is 2.26. The van der Waals surface area contributed by atoms with Crippen molar-refractivity contribution in [2.45, 2.75) is 13.0 Å². The van der Waals surface area contributed by atoms with Crippen molar-refractivity contribution in [1.29, 1.82) is 0 Å². The van der Waals surface area contributed by atoms with Crippen LogP contribution in [0.15, 0.2) is 0 Å². The largest absolute Gasteiger partial charge is 1.00 e. The molecule has 0 aromatic heterocycles. The van der Waals surface area contributed by atoms with Gasteiger partial charge in [-0.15, -0.1) is 0 Å². The summed E-state index contributed by atoms with van der Waals surface area (Å²) in [6, 6.07) is 0. The van der Waals surface area contributed by atoms with Crippen molar-refractivity contribution in [2.24, 2.45) is 0 Å². The van der Waals surface area contributed by atoms with Gasteiger partial charge in [0.2, 0.25) is 0 Å². The molecule has 2 N–H and O–H groups in total. The third-order valence-electron chi connectivity index (χ3n) is 0.704. The fraction of sp³-hybridized carbons (Fsp3) is 1.00. The Balaban J connectivity index is 0. The zero-order chi connectivity index (χ0) is 5.86. The van der Waals surface area contributed by atoms with Gasteiger partial charge in [-0.25, -0.2) is 0 Å². The summed E-state index contributed by atoms with van der Waals surface area (Å²) in [7, 11) is 4.04. The monoisotopic (exact) mass is 183 g/mol. The molecule has 1 atom stereocenters. The molecule has 0 fully saturated rings. The lowest BCUT2D eigenvalue weighted by molar-refractivity contribution is -0.861. The SMILES string of the molecule is CC(O)C[NH+](C)C.[Br-]. The molecule has 0 aliphatic rings. The Morgan fingerprint density at radius 3 is 1.88 bits per heavy atom. The van der Waals surface area contributed by atoms with Gasteiger partial charge in [-0.2, -0.15) is 0 Å². The molecule has 0 saturated carbocycles. The summed E-state index contributed by atoms with van der Waals surface area (Å²) in [6.07, 6.45) is -0.162. The molecule has 3 heteroatoms. The van der Waals surface area contributed by atoms with Gasteiger partial charge in [-0.05, 0) is 6.92 Å². The first-order valence-corrected chi connectivity index (χ1v) is 2.60. The predicted octanol–water partition coefficient (Wildman–Crippen LogP) is -4.48. The van der Waals surface area contributed by atoms with Gasteiger partial charge in [0.15, 0.2) is 0 Å². The van der Waals surface area contributed by atoms with E-state index in [0.29, 0.717) is 0 Å². The van der Waals surface area contributed by atoms with E-state index in [9.17, 15) is 0 Å². The lowest BCUT2D eigenvalue weighted by Gasteiger charge is -2.07. The fourth-order valence-corrected chi connectivity index (χ4v) is 0.591. The van der Waals surface area contributed by atoms with Gasteiger partial charge in [0.05, 0.1) is 14.1 Å². The first-order valence-electron chi connectivity index (χ1n) is 2.60. The molecule has 2 nitrogen and oxygen atoms in total. The van der Waals surface area contributed by atoms with Gasteiger partial charge in [-0.1, -0.05) is 0 Å². The van der Waals surface area contributed by atoms with E-state index >= 15 is 0 Å². The molecule has 0 aliphatic heterocycles. The molecule has 0 bridgehead atoms. The number of hydrogen-bond acceptors (Lipinski definition) is 1. The molecule has 52 valence electrons. The number of rotatable bonds is 2. The van der Waals surface area contributed by atoms with Crippen LogP contribution in [0.2, 0.25) is 0 Å². The molecule has 0 heterocycles. The normalized spacial score (nSPS) is 13.1. The number of likely N-dealkylation sites (N-methyl/N-ethyl adjacent to an activating group) is 1. The summed E-state index contributed by atoms with van der Waals surface area (Å²) in [5.41, 5.74) is 0. The van der Waals surface area contributed by atoms with E-state index in [2.05, 4.69) is 0 Å². The summed E-state index contributed by atoms with van der Waals surface area (Å²) in [5, 5.41) is 8.70. The Hall–Kier alpha value is 0.400. The van der Waals surface area contributed by atoms with Crippen LogP contribution in [0.5, 0.6) is 0 Å². The van der Waals surface area contributed by atoms with Crippen LogP contribution in [0.3, 0.4) is 0 Å². The first kappa shape index (κ1) is 11.2. The van der Waals surface area contributed by atoms with E-state index in [-0.39, 0.29) is 23.1 Å². The van der Waals surface area contributed by atoms with Crippen molar-refractivity contribution < 1.29 is 27.0 Å². The van der Waals surface area contributed by atoms with Gasteiger partial charge >= 0.3 is 0 Å². The highest BCUT2D eigenvalue weighted by molar-refractivity contribution is 4.35. The van der Waals surface area contributed by atoms with E-state index in [4.69, 9.17) is 5.11 Å². The zero-order valence-electron chi connectivity index (χ0n) is 5.61. The Bertz CT molecular complexity index is 41.7. The fourth-order valence-electron chi connectivity index (χ4n) is 0.591. The molecule has 0 aromatic carbocycles. The van der Waals surface area contributed by atoms with Crippen LogP contribution in [0.25, 0.3) is 0 Å². The topological polar surface area (TPSA) is 24.7 Å². The van der Waals surface area contributed by atoms with Crippen LogP contribution in [0, 0.1) is 0 Å². The minimum Gasteiger partial charge on any atom is -1.00 e. The number of aliphatic hydroxyl groups excluding tert-OH is 1. The smallest absolute Gasteiger partial charge is 0.103 e. The number of quaternary nitrogens is 1. The third-order valence-corrected chi connectivity index (χ3v) is 0.704. The summed E-state index contributed by atoms with van der Waals surface area (Å²) >= 11 is 0. The summed E-state index contributed by atoms with van der Waals surface area (Å²) in [5.74, 6) is 0. The zero-order valence-corrected chi connectivity index (χ0v) is 7.20. The molecule has 0 aromatic rings. The van der Waals surface area contributed by atoms with E-state index in [1.165, 1.54) is 4.90 Å². The van der Waals surface area contributed by atoms with Crippen LogP contribution in [-0.4, -0.2) is 31.9 Å². The quantitative estimate of drug-likeness (QED) is 0.444. The molecule has 8 heavy (non-hydrogen) atoms. The van der Waals surface area contributed by atoms with Gasteiger partial charge in [0.25, 0.3) is 0 Å². The molecular weight excluding hydrogens is 170 g/mol. The lowest BCUT2D eigenvalue weighted by atomic mass is 10.4. The molecule has 0 spiro atoms. The summed E-state index contributed by atoms with van der Waals surface area (Å²) < 4.78 is 0. The highest BCUT2D eigenvalue weighted by Gasteiger charge is 1.97. The third kappa shape index (κ3) is 9.64. The summed E-state index contributed by atoms with van der Waals surface area (Å²) in [6.45, 7) is 2.63. The molecule has 0 rings (SSSR count). The molecule has 0 aliphatic carbocycles. The molecule has 0 radical (unpaired) electrons. The average Bonchev–Trinajstić information content (AvgIpc) is 1.27. The second-order valence-corrected chi connectivity index (χ2v) is 2.26. The van der Waals surface area contributed by atoms with Crippen molar-refractivity contribution in [1.82, 2.24) is 0 Å². The van der Waals surface area contributed by atoms with E-state index in [0.717, 1.165) is 6.54 Å². The van der Waals surface area contributed by atoms with Gasteiger partial charge < -0.3 is 27.0 Å². The summed E-state index contributed by atoms with van der Waals surface area (Å²) in [4.78, 5) is 1.29. The van der Waals surface area contributed by atoms with Crippen LogP contribution >= 0.6 is 0 Å². The van der Waals surface area contributed by atoms with E-state index in [1.54, 1.807) is 6.92 Å². The lowest BCUT2D eigenvalue weighted by Crippen LogP contribution is -3.06. The van der Waals surface area contributed by atoms with Gasteiger partial charge in [0, 0.05) is 0 Å².